The maximum absolute atomic E-state index is 12.2. The Morgan fingerprint density at radius 3 is 2.33 bits per heavy atom. The predicted octanol–water partition coefficient (Wildman–Crippen LogP) is 1.35. The summed E-state index contributed by atoms with van der Waals surface area (Å²) in [5, 5.41) is 0. The summed E-state index contributed by atoms with van der Waals surface area (Å²) in [6.45, 7) is 6.24. The van der Waals surface area contributed by atoms with Crippen molar-refractivity contribution in [3.05, 3.63) is 23.8 Å². The number of ether oxygens (including phenoxy) is 1. The van der Waals surface area contributed by atoms with E-state index in [0.29, 0.717) is 43.2 Å². The Balaban J connectivity index is 2.76. The molecule has 0 aromatic heterocycles. The first kappa shape index (κ1) is 14.3. The smallest absolute Gasteiger partial charge is 0.254 e. The predicted molar refractivity (Wildman–Crippen MR) is 73.3 cm³/mol. The first-order valence-electron chi connectivity index (χ1n) is 6.11. The number of nitrogens with two attached hydrogens (primary N) is 2. The van der Waals surface area contributed by atoms with E-state index in [1.807, 2.05) is 13.8 Å². The summed E-state index contributed by atoms with van der Waals surface area (Å²) < 4.78 is 5.26. The topological polar surface area (TPSA) is 81.6 Å². The molecule has 0 saturated carbocycles. The van der Waals surface area contributed by atoms with Crippen molar-refractivity contribution in [2.45, 2.75) is 13.8 Å². The number of carbonyl (C=O) groups excluding carboxylic acids is 1. The molecule has 0 unspecified atom stereocenters. The van der Waals surface area contributed by atoms with E-state index in [1.165, 1.54) is 0 Å². The summed E-state index contributed by atoms with van der Waals surface area (Å²) in [4.78, 5) is 13.9. The molecule has 5 nitrogen and oxygen atoms in total. The quantitative estimate of drug-likeness (QED) is 0.590. The van der Waals surface area contributed by atoms with Crippen LogP contribution in [0.1, 0.15) is 24.2 Å². The van der Waals surface area contributed by atoms with Crippen LogP contribution >= 0.6 is 0 Å². The summed E-state index contributed by atoms with van der Waals surface area (Å²) in [6.07, 6.45) is 0. The van der Waals surface area contributed by atoms with Crippen LogP contribution in [0.5, 0.6) is 0 Å². The number of rotatable bonds is 6. The lowest BCUT2D eigenvalue weighted by Crippen LogP contribution is -2.34. The third kappa shape index (κ3) is 3.92. The van der Waals surface area contributed by atoms with Crippen LogP contribution in [0.15, 0.2) is 18.2 Å². The monoisotopic (exact) mass is 251 g/mol. The molecule has 1 aromatic carbocycles. The summed E-state index contributed by atoms with van der Waals surface area (Å²) in [7, 11) is 0. The lowest BCUT2D eigenvalue weighted by Gasteiger charge is -2.21. The molecule has 0 fully saturated rings. The summed E-state index contributed by atoms with van der Waals surface area (Å²) >= 11 is 0. The van der Waals surface area contributed by atoms with Crippen molar-refractivity contribution in [1.29, 1.82) is 0 Å². The first-order valence-corrected chi connectivity index (χ1v) is 6.11. The van der Waals surface area contributed by atoms with Crippen molar-refractivity contribution in [3.63, 3.8) is 0 Å². The van der Waals surface area contributed by atoms with Gasteiger partial charge in [-0.05, 0) is 32.0 Å². The molecule has 0 spiro atoms. The molecular weight excluding hydrogens is 230 g/mol. The molecule has 0 radical (unpaired) electrons. The molecule has 0 aliphatic carbocycles. The van der Waals surface area contributed by atoms with Gasteiger partial charge in [-0.1, -0.05) is 0 Å². The molecular formula is C13H21N3O2. The number of hydrogen-bond acceptors (Lipinski definition) is 4. The molecule has 0 aliphatic heterocycles. The van der Waals surface area contributed by atoms with E-state index < -0.39 is 0 Å². The molecule has 0 bridgehead atoms. The number of nitrogens with zero attached hydrogens (tertiary/aromatic N) is 1. The van der Waals surface area contributed by atoms with E-state index in [-0.39, 0.29) is 5.91 Å². The van der Waals surface area contributed by atoms with Crippen LogP contribution in [-0.4, -0.2) is 37.1 Å². The van der Waals surface area contributed by atoms with Crippen LogP contribution < -0.4 is 11.5 Å². The highest BCUT2D eigenvalue weighted by atomic mass is 16.5. The number of carbonyl (C=O) groups is 1. The normalized spacial score (nSPS) is 10.3. The lowest BCUT2D eigenvalue weighted by atomic mass is 10.1. The van der Waals surface area contributed by atoms with E-state index in [1.54, 1.807) is 23.1 Å². The van der Waals surface area contributed by atoms with Crippen molar-refractivity contribution in [1.82, 2.24) is 4.90 Å². The fraction of sp³-hybridized carbons (Fsp3) is 0.462. The summed E-state index contributed by atoms with van der Waals surface area (Å²) in [5.41, 5.74) is 12.9. The van der Waals surface area contributed by atoms with Crippen molar-refractivity contribution >= 4 is 17.3 Å². The van der Waals surface area contributed by atoms with E-state index in [0.717, 1.165) is 0 Å². The highest BCUT2D eigenvalue weighted by Crippen LogP contribution is 2.15. The number of benzene rings is 1. The summed E-state index contributed by atoms with van der Waals surface area (Å²) in [6, 6.07) is 4.91. The van der Waals surface area contributed by atoms with Crippen molar-refractivity contribution < 1.29 is 9.53 Å². The fourth-order valence-electron chi connectivity index (χ4n) is 1.70. The van der Waals surface area contributed by atoms with Crippen LogP contribution in [0, 0.1) is 0 Å². The van der Waals surface area contributed by atoms with Gasteiger partial charge in [-0.15, -0.1) is 0 Å². The number of nitrogen functional groups attached to an aromatic ring is 2. The van der Waals surface area contributed by atoms with Gasteiger partial charge in [0.2, 0.25) is 0 Å². The number of amides is 1. The average molecular weight is 251 g/mol. The molecule has 5 heteroatoms. The van der Waals surface area contributed by atoms with Gasteiger partial charge >= 0.3 is 0 Å². The van der Waals surface area contributed by atoms with Crippen molar-refractivity contribution in [2.24, 2.45) is 0 Å². The Morgan fingerprint density at radius 1 is 1.22 bits per heavy atom. The van der Waals surface area contributed by atoms with Crippen molar-refractivity contribution in [2.75, 3.05) is 37.8 Å². The molecule has 4 N–H and O–H groups in total. The van der Waals surface area contributed by atoms with Crippen LogP contribution in [0.4, 0.5) is 11.4 Å². The number of likely N-dealkylation sites (N-methyl/N-ethyl adjacent to an activating group) is 1. The SMILES string of the molecule is CCOCCN(CC)C(=O)c1cc(N)cc(N)c1. The largest absolute Gasteiger partial charge is 0.399 e. The van der Waals surface area contributed by atoms with Crippen LogP contribution in [-0.2, 0) is 4.74 Å². The number of anilines is 2. The second-order valence-electron chi connectivity index (χ2n) is 3.97. The molecule has 0 atom stereocenters. The molecule has 1 aromatic rings. The maximum Gasteiger partial charge on any atom is 0.254 e. The minimum absolute atomic E-state index is 0.0730. The van der Waals surface area contributed by atoms with Gasteiger partial charge in [-0.25, -0.2) is 0 Å². The second-order valence-corrected chi connectivity index (χ2v) is 3.97. The minimum atomic E-state index is -0.0730. The molecule has 0 saturated heterocycles. The molecule has 1 rings (SSSR count). The van der Waals surface area contributed by atoms with Gasteiger partial charge in [0.1, 0.15) is 0 Å². The Hall–Kier alpha value is -1.75. The van der Waals surface area contributed by atoms with Crippen molar-refractivity contribution in [3.8, 4) is 0 Å². The zero-order chi connectivity index (χ0) is 13.5. The maximum atomic E-state index is 12.2. The standard InChI is InChI=1S/C13H21N3O2/c1-3-16(5-6-18-4-2)13(17)10-7-11(14)9-12(15)8-10/h7-9H,3-6,14-15H2,1-2H3. The fourth-order valence-corrected chi connectivity index (χ4v) is 1.70. The average Bonchev–Trinajstić information content (AvgIpc) is 2.33. The van der Waals surface area contributed by atoms with Gasteiger partial charge in [0.05, 0.1) is 6.61 Å². The van der Waals surface area contributed by atoms with E-state index >= 15 is 0 Å². The Kier molecular flexibility index (Phi) is 5.45. The zero-order valence-electron chi connectivity index (χ0n) is 11.0. The Bertz CT molecular complexity index is 387. The number of hydrogen-bond donors (Lipinski definition) is 2. The third-order valence-electron chi connectivity index (χ3n) is 2.60. The lowest BCUT2D eigenvalue weighted by molar-refractivity contribution is 0.0669. The second kappa shape index (κ2) is 6.86. The Labute approximate surface area is 108 Å². The van der Waals surface area contributed by atoms with E-state index in [4.69, 9.17) is 16.2 Å². The highest BCUT2D eigenvalue weighted by Gasteiger charge is 2.14. The van der Waals surface area contributed by atoms with Crippen LogP contribution in [0.25, 0.3) is 0 Å². The molecule has 100 valence electrons. The van der Waals surface area contributed by atoms with Gasteiger partial charge < -0.3 is 21.1 Å². The molecule has 1 amide bonds. The van der Waals surface area contributed by atoms with Gasteiger partial charge in [-0.3, -0.25) is 4.79 Å². The minimum Gasteiger partial charge on any atom is -0.399 e. The van der Waals surface area contributed by atoms with Gasteiger partial charge in [-0.2, -0.15) is 0 Å². The van der Waals surface area contributed by atoms with Crippen LogP contribution in [0.3, 0.4) is 0 Å². The zero-order valence-corrected chi connectivity index (χ0v) is 11.0. The first-order chi connectivity index (χ1) is 8.58. The molecule has 0 aliphatic rings. The Morgan fingerprint density at radius 2 is 1.83 bits per heavy atom. The third-order valence-corrected chi connectivity index (χ3v) is 2.60. The molecule has 0 heterocycles. The van der Waals surface area contributed by atoms with Crippen LogP contribution in [0.2, 0.25) is 0 Å². The van der Waals surface area contributed by atoms with E-state index in [2.05, 4.69) is 0 Å². The van der Waals surface area contributed by atoms with Gasteiger partial charge in [0.25, 0.3) is 5.91 Å². The molecule has 18 heavy (non-hydrogen) atoms. The highest BCUT2D eigenvalue weighted by molar-refractivity contribution is 5.96. The van der Waals surface area contributed by atoms with Gasteiger partial charge in [0, 0.05) is 36.6 Å². The van der Waals surface area contributed by atoms with E-state index in [9.17, 15) is 4.79 Å². The van der Waals surface area contributed by atoms with Gasteiger partial charge in [0.15, 0.2) is 0 Å². The summed E-state index contributed by atoms with van der Waals surface area (Å²) in [5.74, 6) is -0.0730.